The molecule has 0 unspecified atom stereocenters. The predicted octanol–water partition coefficient (Wildman–Crippen LogP) is 3.94. The van der Waals surface area contributed by atoms with Gasteiger partial charge >= 0.3 is 0 Å². The van der Waals surface area contributed by atoms with E-state index in [2.05, 4.69) is 27.2 Å². The minimum absolute atomic E-state index is 0.0883. The van der Waals surface area contributed by atoms with Gasteiger partial charge in [-0.2, -0.15) is 0 Å². The Bertz CT molecular complexity index is 1050. The summed E-state index contributed by atoms with van der Waals surface area (Å²) in [5.41, 5.74) is 2.89. The van der Waals surface area contributed by atoms with Gasteiger partial charge in [0.1, 0.15) is 0 Å². The Hall–Kier alpha value is -2.71. The van der Waals surface area contributed by atoms with Gasteiger partial charge in [0.15, 0.2) is 5.13 Å². The summed E-state index contributed by atoms with van der Waals surface area (Å²) in [5.74, 6) is -0.139. The van der Waals surface area contributed by atoms with Crippen molar-refractivity contribution in [3.05, 3.63) is 82.9 Å². The molecular weight excluding hydrogens is 418 g/mol. The van der Waals surface area contributed by atoms with Crippen molar-refractivity contribution in [3.63, 3.8) is 0 Å². The highest BCUT2D eigenvalue weighted by atomic mass is 32.2. The van der Waals surface area contributed by atoms with E-state index in [1.54, 1.807) is 5.38 Å². The number of anilines is 1. The maximum Gasteiger partial charge on any atom is 0.231 e. The molecule has 1 aromatic heterocycles. The molecule has 0 bridgehead atoms. The molecule has 3 rings (SSSR count). The van der Waals surface area contributed by atoms with Crippen molar-refractivity contribution in [2.24, 2.45) is 0 Å². The maximum atomic E-state index is 12.6. The third-order valence-electron chi connectivity index (χ3n) is 4.50. The standard InChI is InChI=1S/C22H25N3O3S2/c1-30(27,28)25-22-23-19(16-29-22)15-21(26)24-20(18-12-6-3-7-13-18)14-8-11-17-9-4-2-5-10-17/h2-7,9-10,12-13,16,20H,8,11,14-15H2,1H3,(H,23,25)(H,24,26)/t20-/m1/s1. The lowest BCUT2D eigenvalue weighted by Gasteiger charge is -2.19. The molecule has 158 valence electrons. The molecule has 1 heterocycles. The summed E-state index contributed by atoms with van der Waals surface area (Å²) in [7, 11) is -3.38. The number of aromatic nitrogens is 1. The lowest BCUT2D eigenvalue weighted by molar-refractivity contribution is -0.121. The summed E-state index contributed by atoms with van der Waals surface area (Å²) in [6.45, 7) is 0. The van der Waals surface area contributed by atoms with E-state index in [1.165, 1.54) is 5.56 Å². The van der Waals surface area contributed by atoms with E-state index < -0.39 is 10.0 Å². The van der Waals surface area contributed by atoms with Gasteiger partial charge in [-0.3, -0.25) is 9.52 Å². The Morgan fingerprint density at radius 1 is 1.07 bits per heavy atom. The van der Waals surface area contributed by atoms with Crippen LogP contribution in [0.2, 0.25) is 0 Å². The molecule has 0 fully saturated rings. The van der Waals surface area contributed by atoms with Crippen LogP contribution in [-0.2, 0) is 27.7 Å². The number of sulfonamides is 1. The van der Waals surface area contributed by atoms with Crippen LogP contribution < -0.4 is 10.0 Å². The molecule has 8 heteroatoms. The van der Waals surface area contributed by atoms with Crippen LogP contribution in [0.15, 0.2) is 66.0 Å². The van der Waals surface area contributed by atoms with Gasteiger partial charge in [0, 0.05) is 5.38 Å². The number of benzene rings is 2. The van der Waals surface area contributed by atoms with Crippen LogP contribution in [0.1, 0.15) is 35.7 Å². The molecule has 0 aliphatic rings. The molecule has 1 amide bonds. The topological polar surface area (TPSA) is 88.2 Å². The van der Waals surface area contributed by atoms with Crippen molar-refractivity contribution >= 4 is 32.4 Å². The SMILES string of the molecule is CS(=O)(=O)Nc1nc(CC(=O)N[C@H](CCCc2ccccc2)c2ccccc2)cs1. The van der Waals surface area contributed by atoms with Crippen molar-refractivity contribution in [3.8, 4) is 0 Å². The molecule has 6 nitrogen and oxygen atoms in total. The van der Waals surface area contributed by atoms with E-state index in [0.29, 0.717) is 5.69 Å². The second-order valence-electron chi connectivity index (χ2n) is 7.10. The lowest BCUT2D eigenvalue weighted by Crippen LogP contribution is -2.30. The average Bonchev–Trinajstić information content (AvgIpc) is 3.13. The first-order valence-electron chi connectivity index (χ1n) is 9.69. The van der Waals surface area contributed by atoms with Gasteiger partial charge in [0.25, 0.3) is 0 Å². The first kappa shape index (κ1) is 22.0. The van der Waals surface area contributed by atoms with Crippen LogP contribution >= 0.6 is 11.3 Å². The zero-order valence-corrected chi connectivity index (χ0v) is 18.4. The molecular formula is C22H25N3O3S2. The number of carbonyl (C=O) groups is 1. The second kappa shape index (κ2) is 10.4. The Labute approximate surface area is 181 Å². The van der Waals surface area contributed by atoms with Crippen molar-refractivity contribution < 1.29 is 13.2 Å². The number of amides is 1. The van der Waals surface area contributed by atoms with Gasteiger partial charge in [-0.1, -0.05) is 60.7 Å². The molecule has 0 saturated heterocycles. The Kier molecular flexibility index (Phi) is 7.59. The van der Waals surface area contributed by atoms with E-state index in [-0.39, 0.29) is 23.5 Å². The van der Waals surface area contributed by atoms with E-state index >= 15 is 0 Å². The van der Waals surface area contributed by atoms with Crippen LogP contribution in [0.3, 0.4) is 0 Å². The number of nitrogens with one attached hydrogen (secondary N) is 2. The number of nitrogens with zero attached hydrogens (tertiary/aromatic N) is 1. The molecule has 2 aromatic carbocycles. The van der Waals surface area contributed by atoms with Gasteiger partial charge in [0.2, 0.25) is 15.9 Å². The molecule has 1 atom stereocenters. The van der Waals surface area contributed by atoms with Gasteiger partial charge in [-0.05, 0) is 30.4 Å². The lowest BCUT2D eigenvalue weighted by atomic mass is 9.99. The first-order chi connectivity index (χ1) is 14.4. The fourth-order valence-corrected chi connectivity index (χ4v) is 4.73. The van der Waals surface area contributed by atoms with Gasteiger partial charge in [0.05, 0.1) is 24.4 Å². The van der Waals surface area contributed by atoms with E-state index in [0.717, 1.165) is 42.4 Å². The Morgan fingerprint density at radius 2 is 1.73 bits per heavy atom. The van der Waals surface area contributed by atoms with E-state index in [1.807, 2.05) is 48.5 Å². The predicted molar refractivity (Wildman–Crippen MR) is 121 cm³/mol. The normalized spacial score (nSPS) is 12.3. The number of thiazole rings is 1. The summed E-state index contributed by atoms with van der Waals surface area (Å²) in [5, 5.41) is 5.07. The number of aryl methyl sites for hydroxylation is 1. The summed E-state index contributed by atoms with van der Waals surface area (Å²) in [6, 6.07) is 20.1. The Balaban J connectivity index is 1.60. The monoisotopic (exact) mass is 443 g/mol. The van der Waals surface area contributed by atoms with Gasteiger partial charge in [-0.15, -0.1) is 11.3 Å². The highest BCUT2D eigenvalue weighted by Crippen LogP contribution is 2.21. The summed E-state index contributed by atoms with van der Waals surface area (Å²) in [6.07, 6.45) is 3.89. The van der Waals surface area contributed by atoms with Crippen molar-refractivity contribution in [2.45, 2.75) is 31.7 Å². The van der Waals surface area contributed by atoms with Crippen LogP contribution in [-0.4, -0.2) is 25.6 Å². The number of hydrogen-bond donors (Lipinski definition) is 2. The van der Waals surface area contributed by atoms with Crippen LogP contribution in [0.5, 0.6) is 0 Å². The molecule has 0 radical (unpaired) electrons. The van der Waals surface area contributed by atoms with Gasteiger partial charge in [-0.25, -0.2) is 13.4 Å². The highest BCUT2D eigenvalue weighted by molar-refractivity contribution is 7.92. The second-order valence-corrected chi connectivity index (χ2v) is 9.71. The molecule has 3 aromatic rings. The van der Waals surface area contributed by atoms with Gasteiger partial charge < -0.3 is 5.32 Å². The number of rotatable bonds is 10. The van der Waals surface area contributed by atoms with Crippen LogP contribution in [0, 0.1) is 0 Å². The largest absolute Gasteiger partial charge is 0.349 e. The zero-order chi connectivity index (χ0) is 21.4. The quantitative estimate of drug-likeness (QED) is 0.497. The third-order valence-corrected chi connectivity index (χ3v) is 6.00. The maximum absolute atomic E-state index is 12.6. The van der Waals surface area contributed by atoms with E-state index in [4.69, 9.17) is 0 Å². The first-order valence-corrected chi connectivity index (χ1v) is 12.5. The van der Waals surface area contributed by atoms with Crippen LogP contribution in [0.4, 0.5) is 5.13 Å². The summed E-state index contributed by atoms with van der Waals surface area (Å²) >= 11 is 1.16. The fraction of sp³-hybridized carbons (Fsp3) is 0.273. The van der Waals surface area contributed by atoms with Crippen molar-refractivity contribution in [2.75, 3.05) is 11.0 Å². The van der Waals surface area contributed by atoms with Crippen molar-refractivity contribution in [1.29, 1.82) is 0 Å². The van der Waals surface area contributed by atoms with Crippen molar-refractivity contribution in [1.82, 2.24) is 10.3 Å². The molecule has 2 N–H and O–H groups in total. The molecule has 0 saturated carbocycles. The van der Waals surface area contributed by atoms with E-state index in [9.17, 15) is 13.2 Å². The Morgan fingerprint density at radius 3 is 2.40 bits per heavy atom. The van der Waals surface area contributed by atoms with Crippen LogP contribution in [0.25, 0.3) is 0 Å². The third kappa shape index (κ3) is 7.27. The number of carbonyl (C=O) groups excluding carboxylic acids is 1. The number of hydrogen-bond acceptors (Lipinski definition) is 5. The highest BCUT2D eigenvalue weighted by Gasteiger charge is 2.16. The fourth-order valence-electron chi connectivity index (χ4n) is 3.17. The smallest absolute Gasteiger partial charge is 0.231 e. The molecule has 0 spiro atoms. The minimum Gasteiger partial charge on any atom is -0.349 e. The molecule has 30 heavy (non-hydrogen) atoms. The zero-order valence-electron chi connectivity index (χ0n) is 16.7. The molecule has 0 aliphatic heterocycles. The summed E-state index contributed by atoms with van der Waals surface area (Å²) in [4.78, 5) is 16.8. The summed E-state index contributed by atoms with van der Waals surface area (Å²) < 4.78 is 25.0. The molecule has 0 aliphatic carbocycles. The minimum atomic E-state index is -3.38. The average molecular weight is 444 g/mol.